The molecule has 0 aliphatic carbocycles. The van der Waals surface area contributed by atoms with Gasteiger partial charge in [-0.1, -0.05) is 22.0 Å². The molecule has 4 nitrogen and oxygen atoms in total. The maximum absolute atomic E-state index is 5.60. The van der Waals surface area contributed by atoms with E-state index in [0.717, 1.165) is 21.5 Å². The maximum Gasteiger partial charge on any atom is 0.174 e. The quantitative estimate of drug-likeness (QED) is 0.619. The molecule has 6 heteroatoms. The maximum atomic E-state index is 5.60. The summed E-state index contributed by atoms with van der Waals surface area (Å²) in [5, 5.41) is 3.91. The van der Waals surface area contributed by atoms with Crippen molar-refractivity contribution < 1.29 is 4.42 Å². The first-order chi connectivity index (χ1) is 11.7. The van der Waals surface area contributed by atoms with Crippen LogP contribution in [0.15, 0.2) is 76.1 Å². The average molecular weight is 402 g/mol. The molecule has 1 N–H and O–H groups in total. The van der Waals surface area contributed by atoms with Crippen LogP contribution in [-0.4, -0.2) is 15.0 Å². The lowest BCUT2D eigenvalue weighted by Crippen LogP contribution is -2.33. The van der Waals surface area contributed by atoms with E-state index in [-0.39, 0.29) is 0 Å². The Morgan fingerprint density at radius 1 is 1.12 bits per heavy atom. The molecule has 24 heavy (non-hydrogen) atoms. The number of hydrogen-bond donors (Lipinski definition) is 1. The number of hydrogen-bond acceptors (Lipinski definition) is 3. The highest BCUT2D eigenvalue weighted by molar-refractivity contribution is 9.10. The summed E-state index contributed by atoms with van der Waals surface area (Å²) in [5.74, 6) is 0.860. The molecule has 0 saturated carbocycles. The lowest BCUT2D eigenvalue weighted by molar-refractivity contribution is 0.360. The molecule has 0 spiro atoms. The first-order valence-electron chi connectivity index (χ1n) is 7.43. The van der Waals surface area contributed by atoms with Crippen molar-refractivity contribution in [2.45, 2.75) is 13.1 Å². The van der Waals surface area contributed by atoms with E-state index in [9.17, 15) is 0 Å². The van der Waals surface area contributed by atoms with Crippen molar-refractivity contribution in [1.82, 2.24) is 9.88 Å². The van der Waals surface area contributed by atoms with Crippen LogP contribution < -0.4 is 5.32 Å². The van der Waals surface area contributed by atoms with Gasteiger partial charge in [0.1, 0.15) is 5.76 Å². The van der Waals surface area contributed by atoms with Gasteiger partial charge in [0.25, 0.3) is 0 Å². The van der Waals surface area contributed by atoms with Crippen molar-refractivity contribution in [1.29, 1.82) is 0 Å². The number of nitrogens with zero attached hydrogens (tertiary/aromatic N) is 2. The van der Waals surface area contributed by atoms with E-state index in [2.05, 4.69) is 26.2 Å². The number of nitrogens with one attached hydrogen (secondary N) is 1. The van der Waals surface area contributed by atoms with Gasteiger partial charge in [0.05, 0.1) is 12.8 Å². The number of anilines is 1. The van der Waals surface area contributed by atoms with Gasteiger partial charge >= 0.3 is 0 Å². The Morgan fingerprint density at radius 3 is 2.62 bits per heavy atom. The Labute approximate surface area is 154 Å². The topological polar surface area (TPSA) is 41.3 Å². The van der Waals surface area contributed by atoms with Crippen LogP contribution in [-0.2, 0) is 13.1 Å². The number of aromatic nitrogens is 1. The zero-order valence-electron chi connectivity index (χ0n) is 12.9. The average Bonchev–Trinajstić information content (AvgIpc) is 3.10. The molecule has 0 amide bonds. The third-order valence-electron chi connectivity index (χ3n) is 3.41. The second-order valence-corrected chi connectivity index (χ2v) is 6.54. The minimum absolute atomic E-state index is 0.588. The van der Waals surface area contributed by atoms with Gasteiger partial charge in [-0.2, -0.15) is 0 Å². The number of halogens is 1. The van der Waals surface area contributed by atoms with Crippen LogP contribution in [0.1, 0.15) is 11.3 Å². The molecular weight excluding hydrogens is 386 g/mol. The normalized spacial score (nSPS) is 10.4. The number of thiocarbonyl (C=S) groups is 1. The van der Waals surface area contributed by atoms with Crippen molar-refractivity contribution in [3.8, 4) is 0 Å². The van der Waals surface area contributed by atoms with Crippen LogP contribution in [0.5, 0.6) is 0 Å². The van der Waals surface area contributed by atoms with Gasteiger partial charge in [0.15, 0.2) is 5.11 Å². The van der Waals surface area contributed by atoms with Gasteiger partial charge in [-0.05, 0) is 60.2 Å². The van der Waals surface area contributed by atoms with Crippen LogP contribution in [0.4, 0.5) is 5.69 Å². The van der Waals surface area contributed by atoms with Crippen molar-refractivity contribution in [3.05, 3.63) is 83.0 Å². The molecule has 122 valence electrons. The summed E-state index contributed by atoms with van der Waals surface area (Å²) in [6.45, 7) is 1.24. The highest BCUT2D eigenvalue weighted by atomic mass is 79.9. The molecule has 1 aromatic carbocycles. The summed E-state index contributed by atoms with van der Waals surface area (Å²) < 4.78 is 6.50. The number of furan rings is 1. The fourth-order valence-corrected chi connectivity index (χ4v) is 2.75. The van der Waals surface area contributed by atoms with E-state index >= 15 is 0 Å². The van der Waals surface area contributed by atoms with Gasteiger partial charge in [-0.3, -0.25) is 4.98 Å². The van der Waals surface area contributed by atoms with Crippen LogP contribution in [0.2, 0.25) is 0 Å². The second-order valence-electron chi connectivity index (χ2n) is 5.23. The molecular formula is C18H16BrN3OS. The molecule has 0 saturated heterocycles. The van der Waals surface area contributed by atoms with E-state index in [1.54, 1.807) is 12.5 Å². The van der Waals surface area contributed by atoms with Crippen molar-refractivity contribution >= 4 is 38.9 Å². The summed E-state index contributed by atoms with van der Waals surface area (Å²) in [6, 6.07) is 15.7. The van der Waals surface area contributed by atoms with Crippen molar-refractivity contribution in [3.63, 3.8) is 0 Å². The summed E-state index contributed by atoms with van der Waals surface area (Å²) in [4.78, 5) is 6.22. The third kappa shape index (κ3) is 4.66. The van der Waals surface area contributed by atoms with Gasteiger partial charge in [0.2, 0.25) is 0 Å². The Morgan fingerprint density at radius 2 is 1.96 bits per heavy atom. The smallest absolute Gasteiger partial charge is 0.174 e. The number of benzene rings is 1. The predicted molar refractivity (Wildman–Crippen MR) is 103 cm³/mol. The van der Waals surface area contributed by atoms with Gasteiger partial charge < -0.3 is 14.6 Å². The third-order valence-corrected chi connectivity index (χ3v) is 4.29. The Kier molecular flexibility index (Phi) is 5.61. The minimum atomic E-state index is 0.588. The van der Waals surface area contributed by atoms with Crippen LogP contribution in [0.25, 0.3) is 0 Å². The molecule has 0 fully saturated rings. The van der Waals surface area contributed by atoms with Crippen molar-refractivity contribution in [2.24, 2.45) is 0 Å². The van der Waals surface area contributed by atoms with Crippen LogP contribution in [0.3, 0.4) is 0 Å². The van der Waals surface area contributed by atoms with E-state index in [1.807, 2.05) is 59.6 Å². The van der Waals surface area contributed by atoms with E-state index in [4.69, 9.17) is 16.6 Å². The molecule has 3 aromatic rings. The SMILES string of the molecule is S=C(Nc1ccc(Br)cc1)N(Cc1cccnc1)Cc1ccco1. The van der Waals surface area contributed by atoms with E-state index < -0.39 is 0 Å². The van der Waals surface area contributed by atoms with Crippen molar-refractivity contribution in [2.75, 3.05) is 5.32 Å². The molecule has 0 bridgehead atoms. The first kappa shape index (κ1) is 16.7. The summed E-state index contributed by atoms with van der Waals surface area (Å²) >= 11 is 9.04. The molecule has 0 radical (unpaired) electrons. The lowest BCUT2D eigenvalue weighted by Gasteiger charge is -2.25. The van der Waals surface area contributed by atoms with Gasteiger partial charge in [0, 0.05) is 29.1 Å². The fraction of sp³-hybridized carbons (Fsp3) is 0.111. The highest BCUT2D eigenvalue weighted by Gasteiger charge is 2.13. The molecule has 0 atom stereocenters. The molecule has 0 unspecified atom stereocenters. The minimum Gasteiger partial charge on any atom is -0.467 e. The van der Waals surface area contributed by atoms with Gasteiger partial charge in [-0.25, -0.2) is 0 Å². The standard InChI is InChI=1S/C18H16BrN3OS/c19-15-5-7-16(8-6-15)21-18(24)22(13-17-4-2-10-23-17)12-14-3-1-9-20-11-14/h1-11H,12-13H2,(H,21,24). The molecule has 0 aliphatic heterocycles. The Balaban J connectivity index is 1.74. The molecule has 0 aliphatic rings. The largest absolute Gasteiger partial charge is 0.467 e. The number of rotatable bonds is 5. The molecule has 2 aromatic heterocycles. The number of pyridine rings is 1. The molecule has 2 heterocycles. The lowest BCUT2D eigenvalue weighted by atomic mass is 10.2. The monoisotopic (exact) mass is 401 g/mol. The summed E-state index contributed by atoms with van der Waals surface area (Å²) in [5.41, 5.74) is 2.03. The Hall–Kier alpha value is -2.18. The first-order valence-corrected chi connectivity index (χ1v) is 8.63. The second kappa shape index (κ2) is 8.08. The van der Waals surface area contributed by atoms with Crippen LogP contribution >= 0.6 is 28.1 Å². The van der Waals surface area contributed by atoms with Gasteiger partial charge in [-0.15, -0.1) is 0 Å². The predicted octanol–water partition coefficient (Wildman–Crippen LogP) is 4.84. The van der Waals surface area contributed by atoms with E-state index in [0.29, 0.717) is 18.2 Å². The van der Waals surface area contributed by atoms with Crippen LogP contribution in [0, 0.1) is 0 Å². The zero-order valence-corrected chi connectivity index (χ0v) is 15.3. The highest BCUT2D eigenvalue weighted by Crippen LogP contribution is 2.16. The summed E-state index contributed by atoms with van der Waals surface area (Å²) in [6.07, 6.45) is 5.28. The molecule has 3 rings (SSSR count). The Bertz CT molecular complexity index is 776. The summed E-state index contributed by atoms with van der Waals surface area (Å²) in [7, 11) is 0. The zero-order chi connectivity index (χ0) is 16.8. The fourth-order valence-electron chi connectivity index (χ4n) is 2.24. The van der Waals surface area contributed by atoms with E-state index in [1.165, 1.54) is 0 Å².